The van der Waals surface area contributed by atoms with Crippen molar-refractivity contribution in [1.29, 1.82) is 0 Å². The maximum absolute atomic E-state index is 13.9. The monoisotopic (exact) mass is 274 g/mol. The van der Waals surface area contributed by atoms with E-state index in [0.717, 1.165) is 23.2 Å². The Morgan fingerprint density at radius 1 is 1.20 bits per heavy atom. The third-order valence-corrected chi connectivity index (χ3v) is 3.22. The summed E-state index contributed by atoms with van der Waals surface area (Å²) in [5.74, 6) is -0.940. The lowest BCUT2D eigenvalue weighted by molar-refractivity contribution is 0.559. The van der Waals surface area contributed by atoms with Gasteiger partial charge in [0.1, 0.15) is 11.6 Å². The summed E-state index contributed by atoms with van der Waals surface area (Å²) in [6.07, 6.45) is 6.58. The molecule has 0 amide bonds. The number of hydrogen-bond acceptors (Lipinski definition) is 3. The third kappa shape index (κ3) is 2.04. The van der Waals surface area contributed by atoms with Crippen LogP contribution in [0.1, 0.15) is 17.2 Å². The molecule has 2 heterocycles. The van der Waals surface area contributed by atoms with E-state index < -0.39 is 17.7 Å². The Morgan fingerprint density at radius 3 is 2.85 bits per heavy atom. The molecule has 0 fully saturated rings. The van der Waals surface area contributed by atoms with Gasteiger partial charge in [-0.3, -0.25) is 4.98 Å². The van der Waals surface area contributed by atoms with Crippen LogP contribution in [0.2, 0.25) is 0 Å². The van der Waals surface area contributed by atoms with E-state index in [1.54, 1.807) is 36.4 Å². The predicted octanol–water partition coefficient (Wildman–Crippen LogP) is 2.32. The molecular formula is C14H12F2N4. The largest absolute Gasteiger partial charge is 0.309 e. The fourth-order valence-corrected chi connectivity index (χ4v) is 2.29. The number of fused-ring (bicyclic) bond motifs is 1. The average molecular weight is 274 g/mol. The summed E-state index contributed by atoms with van der Waals surface area (Å²) in [6, 6.07) is 2.92. The molecule has 102 valence electrons. The Balaban J connectivity index is 2.16. The summed E-state index contributed by atoms with van der Waals surface area (Å²) in [6.45, 7) is 0. The Kier molecular flexibility index (Phi) is 3.15. The topological polar surface area (TPSA) is 42.2 Å². The van der Waals surface area contributed by atoms with Crippen LogP contribution in [0.3, 0.4) is 0 Å². The van der Waals surface area contributed by atoms with E-state index in [1.807, 2.05) is 0 Å². The maximum Gasteiger partial charge on any atom is 0.128 e. The second-order valence-electron chi connectivity index (χ2n) is 4.39. The van der Waals surface area contributed by atoms with Crippen molar-refractivity contribution < 1.29 is 8.78 Å². The fraction of sp³-hybridized carbons (Fsp3) is 0.143. The number of rotatable bonds is 3. The minimum Gasteiger partial charge on any atom is -0.309 e. The summed E-state index contributed by atoms with van der Waals surface area (Å²) >= 11 is 0. The van der Waals surface area contributed by atoms with Gasteiger partial charge in [-0.15, -0.1) is 0 Å². The SMILES string of the molecule is CNC(c1cc(F)ccc1F)c1cnn2ccncc12. The van der Waals surface area contributed by atoms with Crippen LogP contribution in [0.25, 0.3) is 5.52 Å². The van der Waals surface area contributed by atoms with E-state index in [4.69, 9.17) is 0 Å². The molecule has 0 spiro atoms. The first-order valence-corrected chi connectivity index (χ1v) is 6.10. The van der Waals surface area contributed by atoms with Gasteiger partial charge in [0.2, 0.25) is 0 Å². The first-order valence-electron chi connectivity index (χ1n) is 6.10. The second kappa shape index (κ2) is 4.97. The highest BCUT2D eigenvalue weighted by Gasteiger charge is 2.20. The quantitative estimate of drug-likeness (QED) is 0.797. The number of hydrogen-bond donors (Lipinski definition) is 1. The minimum atomic E-state index is -0.493. The molecule has 0 bridgehead atoms. The van der Waals surface area contributed by atoms with Crippen LogP contribution in [-0.4, -0.2) is 21.6 Å². The standard InChI is InChI=1S/C14H12F2N4/c1-17-14(10-6-9(15)2-3-12(10)16)11-7-19-20-5-4-18-8-13(11)20/h2-8,14,17H,1H3. The summed E-state index contributed by atoms with van der Waals surface area (Å²) in [5, 5.41) is 7.18. The molecule has 0 aliphatic rings. The summed E-state index contributed by atoms with van der Waals surface area (Å²) < 4.78 is 29.0. The van der Waals surface area contributed by atoms with Crippen LogP contribution in [0, 0.1) is 11.6 Å². The normalized spacial score (nSPS) is 12.8. The van der Waals surface area contributed by atoms with Gasteiger partial charge < -0.3 is 5.32 Å². The summed E-state index contributed by atoms with van der Waals surface area (Å²) in [5.41, 5.74) is 1.73. The summed E-state index contributed by atoms with van der Waals surface area (Å²) in [7, 11) is 1.69. The molecule has 3 rings (SSSR count). The summed E-state index contributed by atoms with van der Waals surface area (Å²) in [4.78, 5) is 4.04. The van der Waals surface area contributed by atoms with Crippen molar-refractivity contribution in [2.45, 2.75) is 6.04 Å². The van der Waals surface area contributed by atoms with Crippen LogP contribution >= 0.6 is 0 Å². The predicted molar refractivity (Wildman–Crippen MR) is 70.2 cm³/mol. The van der Waals surface area contributed by atoms with E-state index in [-0.39, 0.29) is 5.56 Å². The van der Waals surface area contributed by atoms with Gasteiger partial charge in [0.15, 0.2) is 0 Å². The molecule has 0 aliphatic carbocycles. The molecule has 1 aromatic carbocycles. The maximum atomic E-state index is 13.9. The van der Waals surface area contributed by atoms with E-state index in [0.29, 0.717) is 0 Å². The third-order valence-electron chi connectivity index (χ3n) is 3.22. The molecule has 1 unspecified atom stereocenters. The molecule has 1 atom stereocenters. The van der Waals surface area contributed by atoms with Gasteiger partial charge in [-0.1, -0.05) is 0 Å². The van der Waals surface area contributed by atoms with Gasteiger partial charge >= 0.3 is 0 Å². The van der Waals surface area contributed by atoms with Gasteiger partial charge in [-0.05, 0) is 25.2 Å². The number of aromatic nitrogens is 3. The van der Waals surface area contributed by atoms with Crippen molar-refractivity contribution in [2.24, 2.45) is 0 Å². The molecule has 0 aliphatic heterocycles. The average Bonchev–Trinajstić information content (AvgIpc) is 2.88. The van der Waals surface area contributed by atoms with Crippen molar-refractivity contribution in [1.82, 2.24) is 19.9 Å². The molecule has 20 heavy (non-hydrogen) atoms. The van der Waals surface area contributed by atoms with E-state index >= 15 is 0 Å². The van der Waals surface area contributed by atoms with Crippen LogP contribution in [-0.2, 0) is 0 Å². The molecule has 0 radical (unpaired) electrons. The fourth-order valence-electron chi connectivity index (χ4n) is 2.29. The van der Waals surface area contributed by atoms with Gasteiger partial charge in [-0.2, -0.15) is 5.10 Å². The van der Waals surface area contributed by atoms with Crippen molar-refractivity contribution in [3.8, 4) is 0 Å². The molecule has 0 saturated heterocycles. The number of nitrogens with zero attached hydrogens (tertiary/aromatic N) is 3. The number of halogens is 2. The lowest BCUT2D eigenvalue weighted by Gasteiger charge is -2.16. The van der Waals surface area contributed by atoms with Crippen molar-refractivity contribution in [3.63, 3.8) is 0 Å². The van der Waals surface area contributed by atoms with Gasteiger partial charge in [0.25, 0.3) is 0 Å². The lowest BCUT2D eigenvalue weighted by Crippen LogP contribution is -2.19. The lowest BCUT2D eigenvalue weighted by atomic mass is 9.99. The number of benzene rings is 1. The van der Waals surface area contributed by atoms with Crippen LogP contribution < -0.4 is 5.32 Å². The Morgan fingerprint density at radius 2 is 2.05 bits per heavy atom. The van der Waals surface area contributed by atoms with Gasteiger partial charge in [0.05, 0.1) is 24.0 Å². The van der Waals surface area contributed by atoms with Crippen molar-refractivity contribution >= 4 is 5.52 Å². The van der Waals surface area contributed by atoms with Gasteiger partial charge in [0, 0.05) is 23.5 Å². The first kappa shape index (κ1) is 12.7. The first-order chi connectivity index (χ1) is 9.70. The minimum absolute atomic E-state index is 0.242. The Hall–Kier alpha value is -2.34. The van der Waals surface area contributed by atoms with Crippen LogP contribution in [0.5, 0.6) is 0 Å². The highest BCUT2D eigenvalue weighted by Crippen LogP contribution is 2.27. The van der Waals surface area contributed by atoms with Crippen LogP contribution in [0.15, 0.2) is 43.0 Å². The van der Waals surface area contributed by atoms with Crippen molar-refractivity contribution in [3.05, 3.63) is 65.7 Å². The van der Waals surface area contributed by atoms with Gasteiger partial charge in [-0.25, -0.2) is 13.3 Å². The zero-order valence-corrected chi connectivity index (χ0v) is 10.7. The second-order valence-corrected chi connectivity index (χ2v) is 4.39. The Labute approximate surface area is 114 Å². The highest BCUT2D eigenvalue weighted by atomic mass is 19.1. The van der Waals surface area contributed by atoms with E-state index in [2.05, 4.69) is 15.4 Å². The zero-order chi connectivity index (χ0) is 14.1. The highest BCUT2D eigenvalue weighted by molar-refractivity contribution is 5.55. The molecule has 6 heteroatoms. The molecule has 0 saturated carbocycles. The smallest absolute Gasteiger partial charge is 0.128 e. The molecule has 4 nitrogen and oxygen atoms in total. The van der Waals surface area contributed by atoms with E-state index in [9.17, 15) is 8.78 Å². The molecular weight excluding hydrogens is 262 g/mol. The molecule has 3 aromatic rings. The zero-order valence-electron chi connectivity index (χ0n) is 10.7. The van der Waals surface area contributed by atoms with E-state index in [1.165, 1.54) is 6.07 Å². The molecule has 1 N–H and O–H groups in total. The van der Waals surface area contributed by atoms with Crippen LogP contribution in [0.4, 0.5) is 8.78 Å². The Bertz CT molecular complexity index is 754. The molecule has 2 aromatic heterocycles. The number of nitrogens with one attached hydrogen (secondary N) is 1. The van der Waals surface area contributed by atoms with Crippen molar-refractivity contribution in [2.75, 3.05) is 7.05 Å².